The highest BCUT2D eigenvalue weighted by Gasteiger charge is 2.54. The summed E-state index contributed by atoms with van der Waals surface area (Å²) in [5.41, 5.74) is 5.54. The van der Waals surface area contributed by atoms with Crippen LogP contribution in [0.25, 0.3) is 0 Å². The molecule has 0 bridgehead atoms. The molecule has 2 atom stereocenters. The monoisotopic (exact) mass is 525 g/mol. The molecule has 3 rings (SSSR count). The van der Waals surface area contributed by atoms with E-state index in [0.717, 1.165) is 16.2 Å². The summed E-state index contributed by atoms with van der Waals surface area (Å²) in [5, 5.41) is 17.1. The number of esters is 1. The Morgan fingerprint density at radius 1 is 1.37 bits per heavy atom. The van der Waals surface area contributed by atoms with Crippen LogP contribution in [0.2, 0.25) is 0 Å². The zero-order chi connectivity index (χ0) is 25.9. The van der Waals surface area contributed by atoms with E-state index < -0.39 is 41.6 Å². The first-order valence-corrected chi connectivity index (χ1v) is 12.2. The summed E-state index contributed by atoms with van der Waals surface area (Å²) in [4.78, 5) is 70.7. The van der Waals surface area contributed by atoms with Gasteiger partial charge in [-0.05, 0) is 20.8 Å². The summed E-state index contributed by atoms with van der Waals surface area (Å²) in [7, 11) is 0. The number of oxime groups is 1. The second kappa shape index (κ2) is 10.9. The van der Waals surface area contributed by atoms with Crippen LogP contribution >= 0.6 is 23.1 Å². The lowest BCUT2D eigenvalue weighted by Crippen LogP contribution is -2.71. The number of nitrogens with one attached hydrogen (secondary N) is 1. The van der Waals surface area contributed by atoms with Gasteiger partial charge in [0.1, 0.15) is 47.7 Å². The number of carbonyl (C=O) groups excluding carboxylic acids is 4. The van der Waals surface area contributed by atoms with Crippen LogP contribution in [0, 0.1) is 0 Å². The molecular formula is C20H23N5O8S2. The van der Waals surface area contributed by atoms with Crippen LogP contribution in [-0.2, 0) is 33.5 Å². The van der Waals surface area contributed by atoms with Gasteiger partial charge in [-0.2, -0.15) is 0 Å². The van der Waals surface area contributed by atoms with Crippen LogP contribution in [-0.4, -0.2) is 80.1 Å². The molecule has 13 nitrogen and oxygen atoms in total. The van der Waals surface area contributed by atoms with Crippen molar-refractivity contribution in [2.45, 2.75) is 44.7 Å². The fourth-order valence-corrected chi connectivity index (χ4v) is 5.06. The number of nitrogen functional groups attached to an aromatic ring is 1. The third kappa shape index (κ3) is 5.97. The van der Waals surface area contributed by atoms with Crippen molar-refractivity contribution in [2.75, 3.05) is 18.1 Å². The number of aliphatic carboxylic acids is 1. The average Bonchev–Trinajstić information content (AvgIpc) is 3.20. The Balaban J connectivity index is 1.75. The number of aromatic nitrogens is 1. The van der Waals surface area contributed by atoms with Crippen LogP contribution in [0.1, 0.15) is 32.9 Å². The molecule has 0 unspecified atom stereocenters. The van der Waals surface area contributed by atoms with Gasteiger partial charge in [0.25, 0.3) is 11.8 Å². The number of fused-ring (bicyclic) bond motifs is 1. The Morgan fingerprint density at radius 2 is 2.09 bits per heavy atom. The molecule has 3 heterocycles. The van der Waals surface area contributed by atoms with Crippen molar-refractivity contribution in [3.8, 4) is 0 Å². The van der Waals surface area contributed by atoms with Crippen molar-refractivity contribution in [1.29, 1.82) is 0 Å². The Bertz CT molecular complexity index is 1130. The molecule has 4 N–H and O–H groups in total. The number of thiazole rings is 1. The van der Waals surface area contributed by atoms with Crippen LogP contribution in [0.5, 0.6) is 0 Å². The average molecular weight is 526 g/mol. The number of Topliss-reactive ketones (excluding diaryl/α,β-unsaturated/α-hetero) is 1. The van der Waals surface area contributed by atoms with Gasteiger partial charge in [-0.15, -0.1) is 23.1 Å². The molecule has 0 saturated carbocycles. The molecule has 2 aliphatic rings. The van der Waals surface area contributed by atoms with E-state index in [0.29, 0.717) is 0 Å². The smallest absolute Gasteiger partial charge is 0.352 e. The first-order chi connectivity index (χ1) is 16.5. The van der Waals surface area contributed by atoms with Crippen LogP contribution in [0.3, 0.4) is 0 Å². The molecule has 1 saturated heterocycles. The number of carboxylic acid groups (broad SMARTS) is 1. The van der Waals surface area contributed by atoms with Crippen molar-refractivity contribution in [2.24, 2.45) is 5.16 Å². The van der Waals surface area contributed by atoms with E-state index in [1.165, 1.54) is 24.1 Å². The second-order valence-electron chi connectivity index (χ2n) is 7.82. The Hall–Kier alpha value is -3.46. The van der Waals surface area contributed by atoms with Gasteiger partial charge in [-0.1, -0.05) is 5.16 Å². The van der Waals surface area contributed by atoms with Crippen molar-refractivity contribution in [1.82, 2.24) is 15.2 Å². The number of anilines is 1. The quantitative estimate of drug-likeness (QED) is 0.124. The normalized spacial score (nSPS) is 19.7. The highest BCUT2D eigenvalue weighted by Crippen LogP contribution is 2.40. The largest absolute Gasteiger partial charge is 0.477 e. The van der Waals surface area contributed by atoms with Gasteiger partial charge in [-0.25, -0.2) is 9.78 Å². The van der Waals surface area contributed by atoms with Gasteiger partial charge in [0.2, 0.25) is 0 Å². The number of β-lactam (4-membered cyclic amide) rings is 1. The Morgan fingerprint density at radius 3 is 2.66 bits per heavy atom. The van der Waals surface area contributed by atoms with E-state index in [1.807, 2.05) is 0 Å². The highest BCUT2D eigenvalue weighted by atomic mass is 32.2. The van der Waals surface area contributed by atoms with Crippen molar-refractivity contribution in [3.05, 3.63) is 22.3 Å². The van der Waals surface area contributed by atoms with Crippen LogP contribution < -0.4 is 11.1 Å². The SMILES string of the molecule is CC(=O)CC(=O)OCC1=C(C(=O)O)N2C(=O)[C@@H](NC(=O)/C(=N/OC(C)C)c3csc(N)n3)[C@H]2SC1. The molecule has 0 spiro atoms. The number of thioether (sulfide) groups is 1. The summed E-state index contributed by atoms with van der Waals surface area (Å²) < 4.78 is 4.99. The predicted molar refractivity (Wildman–Crippen MR) is 125 cm³/mol. The number of ketones is 1. The molecule has 0 radical (unpaired) electrons. The fourth-order valence-electron chi connectivity index (χ4n) is 3.18. The first kappa shape index (κ1) is 26.2. The zero-order valence-corrected chi connectivity index (χ0v) is 20.6. The number of hydrogen-bond acceptors (Lipinski definition) is 12. The first-order valence-electron chi connectivity index (χ1n) is 10.3. The maximum Gasteiger partial charge on any atom is 0.352 e. The number of carbonyl (C=O) groups is 5. The van der Waals surface area contributed by atoms with Gasteiger partial charge in [0, 0.05) is 16.7 Å². The Kier molecular flexibility index (Phi) is 8.11. The summed E-state index contributed by atoms with van der Waals surface area (Å²) in [6.07, 6.45) is -0.758. The maximum absolute atomic E-state index is 12.9. The number of hydrogen-bond donors (Lipinski definition) is 3. The van der Waals surface area contributed by atoms with Gasteiger partial charge in [0.15, 0.2) is 10.8 Å². The molecule has 188 valence electrons. The summed E-state index contributed by atoms with van der Waals surface area (Å²) in [6.45, 7) is 4.29. The number of carboxylic acids is 1. The van der Waals surface area contributed by atoms with Crippen molar-refractivity contribution < 1.29 is 38.7 Å². The molecule has 0 aliphatic carbocycles. The highest BCUT2D eigenvalue weighted by molar-refractivity contribution is 8.00. The fraction of sp³-hybridized carbons (Fsp3) is 0.450. The molecule has 0 aromatic carbocycles. The third-order valence-electron chi connectivity index (χ3n) is 4.67. The predicted octanol–water partition coefficient (Wildman–Crippen LogP) is 0.115. The molecule has 2 amide bonds. The van der Waals surface area contributed by atoms with E-state index in [9.17, 15) is 29.1 Å². The van der Waals surface area contributed by atoms with Crippen molar-refractivity contribution in [3.63, 3.8) is 0 Å². The standard InChI is InChI=1S/C20H23N5O8S2/c1-8(2)33-24-13(11-7-35-20(21)22-11)16(28)23-14-17(29)25-15(19(30)31)10(6-34-18(14)25)5-32-12(27)4-9(3)26/h7-8,14,18H,4-6H2,1-3H3,(H2,21,22)(H,23,28)(H,30,31)/b24-13+/t14-,18-/m1/s1. The molecule has 35 heavy (non-hydrogen) atoms. The minimum atomic E-state index is -1.38. The van der Waals surface area contributed by atoms with Gasteiger partial charge >= 0.3 is 11.9 Å². The minimum Gasteiger partial charge on any atom is -0.477 e. The third-order valence-corrected chi connectivity index (χ3v) is 6.69. The van der Waals surface area contributed by atoms with Crippen LogP contribution in [0.15, 0.2) is 21.8 Å². The maximum atomic E-state index is 12.9. The van der Waals surface area contributed by atoms with Gasteiger partial charge in [0.05, 0.1) is 0 Å². The van der Waals surface area contributed by atoms with Gasteiger partial charge in [-0.3, -0.25) is 24.1 Å². The topological polar surface area (TPSA) is 191 Å². The summed E-state index contributed by atoms with van der Waals surface area (Å²) >= 11 is 2.30. The van der Waals surface area contributed by atoms with Crippen LogP contribution in [0.4, 0.5) is 5.13 Å². The van der Waals surface area contributed by atoms with Gasteiger partial charge < -0.3 is 25.7 Å². The van der Waals surface area contributed by atoms with E-state index in [4.69, 9.17) is 15.3 Å². The second-order valence-corrected chi connectivity index (χ2v) is 9.82. The number of rotatable bonds is 10. The lowest BCUT2D eigenvalue weighted by Gasteiger charge is -2.49. The number of amides is 2. The molecular weight excluding hydrogens is 502 g/mol. The molecule has 15 heteroatoms. The zero-order valence-electron chi connectivity index (χ0n) is 19.0. The number of nitrogens with two attached hydrogens (primary N) is 1. The number of nitrogens with zero attached hydrogens (tertiary/aromatic N) is 3. The minimum absolute atomic E-state index is 0.135. The van der Waals surface area contributed by atoms with E-state index in [2.05, 4.69) is 15.5 Å². The number of ether oxygens (including phenoxy) is 1. The lowest BCUT2D eigenvalue weighted by atomic mass is 10.0. The molecule has 1 fully saturated rings. The molecule has 2 aliphatic heterocycles. The van der Waals surface area contributed by atoms with E-state index in [-0.39, 0.29) is 52.1 Å². The lowest BCUT2D eigenvalue weighted by molar-refractivity contribution is -0.150. The van der Waals surface area contributed by atoms with E-state index in [1.54, 1.807) is 13.8 Å². The molecule has 1 aromatic rings. The van der Waals surface area contributed by atoms with Crippen molar-refractivity contribution >= 4 is 63.5 Å². The molecule has 1 aromatic heterocycles. The van der Waals surface area contributed by atoms with E-state index >= 15 is 0 Å². The summed E-state index contributed by atoms with van der Waals surface area (Å²) in [6, 6.07) is -1.02. The summed E-state index contributed by atoms with van der Waals surface area (Å²) in [5.74, 6) is -3.81. The Labute approximate surface area is 207 Å².